The lowest BCUT2D eigenvalue weighted by atomic mass is 10.1. The Balaban J connectivity index is 1.62. The number of hydrogen-bond donors (Lipinski definition) is 1. The second kappa shape index (κ2) is 8.60. The van der Waals surface area contributed by atoms with Gasteiger partial charge in [-0.15, -0.1) is 0 Å². The van der Waals surface area contributed by atoms with Gasteiger partial charge in [0.1, 0.15) is 17.2 Å². The van der Waals surface area contributed by atoms with E-state index in [1.165, 1.54) is 12.1 Å². The number of carbonyl (C=O) groups excluding carboxylic acids is 1. The fraction of sp³-hybridized carbons (Fsp3) is 0.250. The normalized spacial score (nSPS) is 17.2. The Morgan fingerprint density at radius 3 is 2.68 bits per heavy atom. The van der Waals surface area contributed by atoms with Crippen molar-refractivity contribution in [1.82, 2.24) is 24.8 Å². The van der Waals surface area contributed by atoms with E-state index in [1.807, 2.05) is 10.6 Å². The molecule has 4 aromatic rings. The molecule has 1 aromatic carbocycles. The maximum atomic E-state index is 13.5. The van der Waals surface area contributed by atoms with Crippen LogP contribution in [-0.4, -0.2) is 45.3 Å². The van der Waals surface area contributed by atoms with Crippen molar-refractivity contribution in [3.63, 3.8) is 0 Å². The second-order valence-electron chi connectivity index (χ2n) is 8.36. The molecule has 0 bridgehead atoms. The van der Waals surface area contributed by atoms with Crippen LogP contribution in [0.5, 0.6) is 0 Å². The first-order valence-corrected chi connectivity index (χ1v) is 12.7. The zero-order valence-corrected chi connectivity index (χ0v) is 19.2. The van der Waals surface area contributed by atoms with Gasteiger partial charge in [-0.2, -0.15) is 0 Å². The Morgan fingerprint density at radius 1 is 1.21 bits per heavy atom. The molecule has 1 aliphatic heterocycles. The number of rotatable bonds is 5. The van der Waals surface area contributed by atoms with Gasteiger partial charge < -0.3 is 9.88 Å². The summed E-state index contributed by atoms with van der Waals surface area (Å²) in [4.78, 5) is 26.5. The maximum absolute atomic E-state index is 13.5. The minimum Gasteiger partial charge on any atom is -0.346 e. The summed E-state index contributed by atoms with van der Waals surface area (Å²) in [6.45, 7) is 2.05. The molecule has 1 fully saturated rings. The van der Waals surface area contributed by atoms with E-state index in [2.05, 4.69) is 20.3 Å². The van der Waals surface area contributed by atoms with Gasteiger partial charge in [0.25, 0.3) is 5.91 Å². The molecule has 3 aromatic heterocycles. The van der Waals surface area contributed by atoms with Gasteiger partial charge in [0.05, 0.1) is 28.8 Å². The van der Waals surface area contributed by atoms with Crippen LogP contribution in [0.3, 0.4) is 0 Å². The molecule has 0 saturated carbocycles. The number of pyridine rings is 2. The molecule has 174 valence electrons. The average Bonchev–Trinajstić information content (AvgIpc) is 3.35. The fourth-order valence-electron chi connectivity index (χ4n) is 4.34. The Morgan fingerprint density at radius 2 is 2.00 bits per heavy atom. The van der Waals surface area contributed by atoms with E-state index in [-0.39, 0.29) is 35.6 Å². The fourth-order valence-corrected chi connectivity index (χ4v) is 6.04. The molecule has 1 unspecified atom stereocenters. The summed E-state index contributed by atoms with van der Waals surface area (Å²) < 4.78 is 39.7. The zero-order chi connectivity index (χ0) is 23.9. The third kappa shape index (κ3) is 4.28. The number of nitrogens with one attached hydrogen (secondary N) is 1. The van der Waals surface area contributed by atoms with Gasteiger partial charge in [-0.25, -0.2) is 22.8 Å². The van der Waals surface area contributed by atoms with Gasteiger partial charge in [-0.3, -0.25) is 9.78 Å². The zero-order valence-electron chi connectivity index (χ0n) is 18.4. The van der Waals surface area contributed by atoms with Crippen molar-refractivity contribution >= 4 is 26.8 Å². The summed E-state index contributed by atoms with van der Waals surface area (Å²) in [6, 6.07) is 11.0. The van der Waals surface area contributed by atoms with Gasteiger partial charge >= 0.3 is 0 Å². The lowest BCUT2D eigenvalue weighted by Gasteiger charge is -2.15. The molecule has 10 heteroatoms. The van der Waals surface area contributed by atoms with E-state index < -0.39 is 15.7 Å². The minimum absolute atomic E-state index is 0.0239. The molecular formula is C24H22FN5O3S. The van der Waals surface area contributed by atoms with Crippen molar-refractivity contribution in [2.45, 2.75) is 25.9 Å². The molecule has 4 heterocycles. The molecule has 1 atom stereocenters. The predicted molar refractivity (Wildman–Crippen MR) is 125 cm³/mol. The first kappa shape index (κ1) is 22.1. The summed E-state index contributed by atoms with van der Waals surface area (Å²) in [5, 5.41) is 2.86. The highest BCUT2D eigenvalue weighted by Crippen LogP contribution is 2.32. The van der Waals surface area contributed by atoms with Crippen LogP contribution < -0.4 is 5.32 Å². The van der Waals surface area contributed by atoms with Gasteiger partial charge in [0, 0.05) is 24.5 Å². The number of halogens is 1. The Kier molecular flexibility index (Phi) is 5.60. The van der Waals surface area contributed by atoms with E-state index >= 15 is 0 Å². The molecule has 34 heavy (non-hydrogen) atoms. The van der Waals surface area contributed by atoms with Crippen LogP contribution in [-0.2, 0) is 16.4 Å². The molecule has 5 rings (SSSR count). The minimum atomic E-state index is -3.13. The van der Waals surface area contributed by atoms with Gasteiger partial charge in [0.15, 0.2) is 15.5 Å². The van der Waals surface area contributed by atoms with E-state index in [9.17, 15) is 17.6 Å². The van der Waals surface area contributed by atoms with Gasteiger partial charge in [-0.1, -0.05) is 6.07 Å². The highest BCUT2D eigenvalue weighted by molar-refractivity contribution is 7.91. The molecule has 1 aliphatic rings. The van der Waals surface area contributed by atoms with Crippen molar-refractivity contribution in [2.24, 2.45) is 0 Å². The van der Waals surface area contributed by atoms with Crippen molar-refractivity contribution < 1.29 is 17.6 Å². The Hall–Kier alpha value is -3.66. The molecule has 8 nitrogen and oxygen atoms in total. The first-order chi connectivity index (χ1) is 16.3. The molecule has 1 amide bonds. The molecule has 0 spiro atoms. The summed E-state index contributed by atoms with van der Waals surface area (Å²) in [7, 11) is -3.13. The Labute approximate surface area is 195 Å². The molecular weight excluding hydrogens is 457 g/mol. The number of amides is 1. The molecule has 0 radical (unpaired) electrons. The number of aryl methyl sites for hydroxylation is 1. The molecule has 0 aliphatic carbocycles. The summed E-state index contributed by atoms with van der Waals surface area (Å²) >= 11 is 0. The lowest BCUT2D eigenvalue weighted by molar-refractivity contribution is 0.0947. The lowest BCUT2D eigenvalue weighted by Crippen LogP contribution is -2.24. The van der Waals surface area contributed by atoms with Crippen LogP contribution in [0.1, 0.15) is 34.3 Å². The first-order valence-electron chi connectivity index (χ1n) is 10.8. The third-order valence-electron chi connectivity index (χ3n) is 5.96. The van der Waals surface area contributed by atoms with Crippen LogP contribution in [0.2, 0.25) is 0 Å². The quantitative estimate of drug-likeness (QED) is 0.471. The number of benzene rings is 1. The number of aromatic nitrogens is 4. The summed E-state index contributed by atoms with van der Waals surface area (Å²) in [6.07, 6.45) is 3.80. The summed E-state index contributed by atoms with van der Waals surface area (Å²) in [5.74, 6) is -0.0458. The monoisotopic (exact) mass is 479 g/mol. The van der Waals surface area contributed by atoms with Crippen LogP contribution in [0.4, 0.5) is 4.39 Å². The predicted octanol–water partition coefficient (Wildman–Crippen LogP) is 3.23. The number of fused-ring (bicyclic) bond motifs is 1. The third-order valence-corrected chi connectivity index (χ3v) is 7.71. The van der Waals surface area contributed by atoms with Crippen molar-refractivity contribution in [1.29, 1.82) is 0 Å². The standard InChI is InChI=1S/C24H22FN5O3S/c1-15-28-22-21(30(15)19-8-10-34(32,33)14-19)11-20(17-4-6-18(25)7-5-17)29-23(22)24(31)27-13-16-3-2-9-26-12-16/h2-7,9,11-12,19H,8,10,13-14H2,1H3,(H,27,31). The summed E-state index contributed by atoms with van der Waals surface area (Å²) in [5.41, 5.74) is 3.09. The highest BCUT2D eigenvalue weighted by Gasteiger charge is 2.32. The smallest absolute Gasteiger partial charge is 0.272 e. The van der Waals surface area contributed by atoms with Crippen molar-refractivity contribution in [2.75, 3.05) is 11.5 Å². The molecule has 1 saturated heterocycles. The largest absolute Gasteiger partial charge is 0.346 e. The molecule has 1 N–H and O–H groups in total. The number of nitrogens with zero attached hydrogens (tertiary/aromatic N) is 4. The van der Waals surface area contributed by atoms with Gasteiger partial charge in [-0.05, 0) is 55.3 Å². The van der Waals surface area contributed by atoms with E-state index in [4.69, 9.17) is 0 Å². The topological polar surface area (TPSA) is 107 Å². The van der Waals surface area contributed by atoms with Crippen LogP contribution in [0.15, 0.2) is 54.9 Å². The second-order valence-corrected chi connectivity index (χ2v) is 10.6. The highest BCUT2D eigenvalue weighted by atomic mass is 32.2. The van der Waals surface area contributed by atoms with E-state index in [0.717, 1.165) is 5.56 Å². The van der Waals surface area contributed by atoms with E-state index in [0.29, 0.717) is 34.5 Å². The number of imidazole rings is 1. The number of hydrogen-bond acceptors (Lipinski definition) is 6. The van der Waals surface area contributed by atoms with Crippen molar-refractivity contribution in [3.05, 3.63) is 77.8 Å². The van der Waals surface area contributed by atoms with E-state index in [1.54, 1.807) is 43.6 Å². The van der Waals surface area contributed by atoms with Crippen molar-refractivity contribution in [3.8, 4) is 11.3 Å². The van der Waals surface area contributed by atoms with Crippen LogP contribution >= 0.6 is 0 Å². The Bertz CT molecular complexity index is 1480. The number of carbonyl (C=O) groups is 1. The number of sulfone groups is 1. The average molecular weight is 480 g/mol. The van der Waals surface area contributed by atoms with Gasteiger partial charge in [0.2, 0.25) is 0 Å². The maximum Gasteiger partial charge on any atom is 0.272 e. The van der Waals surface area contributed by atoms with Crippen LogP contribution in [0, 0.1) is 12.7 Å². The van der Waals surface area contributed by atoms with Crippen LogP contribution in [0.25, 0.3) is 22.3 Å². The SMILES string of the molecule is Cc1nc2c(C(=O)NCc3cccnc3)nc(-c3ccc(F)cc3)cc2n1C1CCS(=O)(=O)C1.